The zero-order chi connectivity index (χ0) is 10.6. The Morgan fingerprint density at radius 1 is 1.43 bits per heavy atom. The van der Waals surface area contributed by atoms with Crippen molar-refractivity contribution in [3.8, 4) is 0 Å². The second kappa shape index (κ2) is 4.61. The van der Waals surface area contributed by atoms with E-state index < -0.39 is 11.9 Å². The van der Waals surface area contributed by atoms with Crippen molar-refractivity contribution in [1.29, 1.82) is 0 Å². The molecule has 74 valence electrons. The highest BCUT2D eigenvalue weighted by Gasteiger charge is 2.12. The Morgan fingerprint density at radius 3 is 2.71 bits per heavy atom. The fraction of sp³-hybridized carbons (Fsp3) is 0.125. The fourth-order valence-electron chi connectivity index (χ4n) is 0.807. The Morgan fingerprint density at radius 2 is 2.14 bits per heavy atom. The van der Waals surface area contributed by atoms with Crippen molar-refractivity contribution in [3.05, 3.63) is 24.0 Å². The van der Waals surface area contributed by atoms with Crippen LogP contribution >= 0.6 is 11.8 Å². The average Bonchev–Trinajstić information content (AvgIpc) is 2.15. The SMILES string of the molecule is O=C(O)CSc1cccnc1C(=O)O. The first-order chi connectivity index (χ1) is 6.61. The Bertz CT molecular complexity index is 366. The predicted octanol–water partition coefficient (Wildman–Crippen LogP) is 0.956. The van der Waals surface area contributed by atoms with E-state index in [1.165, 1.54) is 12.3 Å². The highest BCUT2D eigenvalue weighted by molar-refractivity contribution is 8.00. The second-order valence-electron chi connectivity index (χ2n) is 2.34. The topological polar surface area (TPSA) is 87.5 Å². The van der Waals surface area contributed by atoms with Gasteiger partial charge in [-0.3, -0.25) is 4.79 Å². The monoisotopic (exact) mass is 213 g/mol. The molecule has 0 aliphatic carbocycles. The van der Waals surface area contributed by atoms with Crippen LogP contribution in [-0.2, 0) is 4.79 Å². The highest BCUT2D eigenvalue weighted by Crippen LogP contribution is 2.20. The third kappa shape index (κ3) is 2.74. The second-order valence-corrected chi connectivity index (χ2v) is 3.35. The van der Waals surface area contributed by atoms with Crippen LogP contribution in [0.5, 0.6) is 0 Å². The molecule has 5 nitrogen and oxygen atoms in total. The summed E-state index contributed by atoms with van der Waals surface area (Å²) in [6, 6.07) is 3.10. The van der Waals surface area contributed by atoms with Gasteiger partial charge in [0, 0.05) is 11.1 Å². The molecule has 0 saturated carbocycles. The Labute approximate surface area is 83.8 Å². The third-order valence-electron chi connectivity index (χ3n) is 1.32. The molecule has 0 amide bonds. The maximum atomic E-state index is 10.6. The number of aliphatic carboxylic acids is 1. The van der Waals surface area contributed by atoms with Gasteiger partial charge in [-0.15, -0.1) is 11.8 Å². The molecule has 0 aromatic carbocycles. The largest absolute Gasteiger partial charge is 0.481 e. The van der Waals surface area contributed by atoms with Crippen molar-refractivity contribution < 1.29 is 19.8 Å². The lowest BCUT2D eigenvalue weighted by Crippen LogP contribution is -2.04. The molecule has 1 heterocycles. The summed E-state index contributed by atoms with van der Waals surface area (Å²) >= 11 is 0.941. The van der Waals surface area contributed by atoms with Gasteiger partial charge in [-0.05, 0) is 12.1 Å². The lowest BCUT2D eigenvalue weighted by Gasteiger charge is -2.01. The molecule has 14 heavy (non-hydrogen) atoms. The summed E-state index contributed by atoms with van der Waals surface area (Å²) in [5.41, 5.74) is -0.112. The number of carboxylic acids is 2. The number of nitrogens with zero attached hydrogens (tertiary/aromatic N) is 1. The van der Waals surface area contributed by atoms with Gasteiger partial charge in [-0.25, -0.2) is 9.78 Å². The summed E-state index contributed by atoms with van der Waals surface area (Å²) in [4.78, 5) is 24.9. The molecule has 2 N–H and O–H groups in total. The summed E-state index contributed by atoms with van der Waals surface area (Å²) in [6.45, 7) is 0. The van der Waals surface area contributed by atoms with E-state index in [4.69, 9.17) is 10.2 Å². The van der Waals surface area contributed by atoms with Crippen LogP contribution < -0.4 is 0 Å². The minimum atomic E-state index is -1.15. The minimum absolute atomic E-state index is 0.112. The third-order valence-corrected chi connectivity index (χ3v) is 2.36. The van der Waals surface area contributed by atoms with Crippen molar-refractivity contribution in [3.63, 3.8) is 0 Å². The van der Waals surface area contributed by atoms with Gasteiger partial charge in [0.15, 0.2) is 5.69 Å². The van der Waals surface area contributed by atoms with E-state index in [0.717, 1.165) is 11.8 Å². The van der Waals surface area contributed by atoms with E-state index in [2.05, 4.69) is 4.98 Å². The molecule has 1 rings (SSSR count). The van der Waals surface area contributed by atoms with Crippen LogP contribution in [0, 0.1) is 0 Å². The number of hydrogen-bond acceptors (Lipinski definition) is 4. The first kappa shape index (κ1) is 10.5. The van der Waals surface area contributed by atoms with E-state index in [-0.39, 0.29) is 11.4 Å². The molecule has 0 unspecified atom stereocenters. The maximum Gasteiger partial charge on any atom is 0.355 e. The van der Waals surface area contributed by atoms with Crippen molar-refractivity contribution in [2.75, 3.05) is 5.75 Å². The Balaban J connectivity index is 2.84. The van der Waals surface area contributed by atoms with Gasteiger partial charge in [-0.1, -0.05) is 0 Å². The molecule has 0 aliphatic heterocycles. The molecular weight excluding hydrogens is 206 g/mol. The van der Waals surface area contributed by atoms with Crippen molar-refractivity contribution >= 4 is 23.7 Å². The van der Waals surface area contributed by atoms with Crippen LogP contribution in [0.2, 0.25) is 0 Å². The average molecular weight is 213 g/mol. The summed E-state index contributed by atoms with van der Waals surface area (Å²) in [7, 11) is 0. The number of aromatic carboxylic acids is 1. The standard InChI is InChI=1S/C8H7NO4S/c10-6(11)4-14-5-2-1-3-9-7(5)8(12)13/h1-3H,4H2,(H,10,11)(H,12,13). The molecule has 1 aromatic rings. The van der Waals surface area contributed by atoms with Gasteiger partial charge in [-0.2, -0.15) is 0 Å². The van der Waals surface area contributed by atoms with Crippen molar-refractivity contribution in [2.45, 2.75) is 4.90 Å². The Hall–Kier alpha value is -1.56. The maximum absolute atomic E-state index is 10.6. The normalized spacial score (nSPS) is 9.71. The van der Waals surface area contributed by atoms with Gasteiger partial charge in [0.2, 0.25) is 0 Å². The number of hydrogen-bond donors (Lipinski definition) is 2. The van der Waals surface area contributed by atoms with Gasteiger partial charge in [0.25, 0.3) is 0 Å². The van der Waals surface area contributed by atoms with Crippen LogP contribution in [0.1, 0.15) is 10.5 Å². The van der Waals surface area contributed by atoms with Gasteiger partial charge >= 0.3 is 11.9 Å². The molecule has 0 aliphatic rings. The molecule has 0 fully saturated rings. The van der Waals surface area contributed by atoms with Gasteiger partial charge in [0.1, 0.15) is 0 Å². The van der Waals surface area contributed by atoms with E-state index in [1.807, 2.05) is 0 Å². The van der Waals surface area contributed by atoms with Crippen LogP contribution in [0.25, 0.3) is 0 Å². The van der Waals surface area contributed by atoms with Crippen molar-refractivity contribution in [1.82, 2.24) is 4.98 Å². The molecule has 0 atom stereocenters. The number of rotatable bonds is 4. The first-order valence-electron chi connectivity index (χ1n) is 3.64. The molecule has 6 heteroatoms. The van der Waals surface area contributed by atoms with Crippen LogP contribution in [0.15, 0.2) is 23.2 Å². The van der Waals surface area contributed by atoms with Gasteiger partial charge < -0.3 is 10.2 Å². The van der Waals surface area contributed by atoms with Crippen LogP contribution in [0.4, 0.5) is 0 Å². The molecule has 1 aromatic heterocycles. The lowest BCUT2D eigenvalue weighted by molar-refractivity contribution is -0.133. The quantitative estimate of drug-likeness (QED) is 0.724. The zero-order valence-corrected chi connectivity index (χ0v) is 7.82. The van der Waals surface area contributed by atoms with E-state index >= 15 is 0 Å². The number of aromatic nitrogens is 1. The molecule has 0 spiro atoms. The number of thioether (sulfide) groups is 1. The molecule has 0 bridgehead atoms. The minimum Gasteiger partial charge on any atom is -0.481 e. The predicted molar refractivity (Wildman–Crippen MR) is 49.6 cm³/mol. The number of carbonyl (C=O) groups is 2. The highest BCUT2D eigenvalue weighted by atomic mass is 32.2. The van der Waals surface area contributed by atoms with Crippen LogP contribution in [-0.4, -0.2) is 32.9 Å². The lowest BCUT2D eigenvalue weighted by atomic mass is 10.3. The summed E-state index contributed by atoms with van der Waals surface area (Å²) < 4.78 is 0. The number of pyridine rings is 1. The van der Waals surface area contributed by atoms with E-state index in [0.29, 0.717) is 4.90 Å². The summed E-state index contributed by atoms with van der Waals surface area (Å²) in [6.07, 6.45) is 1.36. The zero-order valence-electron chi connectivity index (χ0n) is 7.01. The first-order valence-corrected chi connectivity index (χ1v) is 4.62. The smallest absolute Gasteiger partial charge is 0.355 e. The van der Waals surface area contributed by atoms with E-state index in [9.17, 15) is 9.59 Å². The number of carboxylic acid groups (broad SMARTS) is 2. The fourth-order valence-corrected chi connectivity index (χ4v) is 1.54. The molecule has 0 radical (unpaired) electrons. The van der Waals surface area contributed by atoms with Crippen LogP contribution in [0.3, 0.4) is 0 Å². The molecular formula is C8H7NO4S. The van der Waals surface area contributed by atoms with Gasteiger partial charge in [0.05, 0.1) is 5.75 Å². The summed E-state index contributed by atoms with van der Waals surface area (Å²) in [5.74, 6) is -2.32. The summed E-state index contributed by atoms with van der Waals surface area (Å²) in [5, 5.41) is 17.1. The Kier molecular flexibility index (Phi) is 3.47. The van der Waals surface area contributed by atoms with E-state index in [1.54, 1.807) is 6.07 Å². The molecule has 0 saturated heterocycles. The van der Waals surface area contributed by atoms with Crippen molar-refractivity contribution in [2.24, 2.45) is 0 Å².